The zero-order valence-electron chi connectivity index (χ0n) is 15.1. The van der Waals surface area contributed by atoms with E-state index in [2.05, 4.69) is 10.3 Å². The number of nitrogens with one attached hydrogen (secondary N) is 1. The molecule has 0 aliphatic rings. The maximum absolute atomic E-state index is 12.5. The van der Waals surface area contributed by atoms with Gasteiger partial charge in [0, 0.05) is 17.3 Å². The summed E-state index contributed by atoms with van der Waals surface area (Å²) >= 11 is 1.62. The van der Waals surface area contributed by atoms with Crippen LogP contribution in [0.5, 0.6) is 0 Å². The molecule has 2 heterocycles. The minimum Gasteiger partial charge on any atom is -0.451 e. The predicted octanol–water partition coefficient (Wildman–Crippen LogP) is 5.32. The zero-order valence-corrected chi connectivity index (χ0v) is 15.9. The van der Waals surface area contributed by atoms with Gasteiger partial charge in [-0.2, -0.15) is 0 Å². The van der Waals surface area contributed by atoms with Crippen LogP contribution in [0.25, 0.3) is 31.8 Å². The number of hydrogen-bond acceptors (Lipinski definition) is 5. The molecule has 0 fully saturated rings. The molecular formula is C23H14N2O3S. The first-order valence-corrected chi connectivity index (χ1v) is 9.79. The molecule has 0 saturated carbocycles. The van der Waals surface area contributed by atoms with Crippen LogP contribution in [0.15, 0.2) is 88.1 Å². The quantitative estimate of drug-likeness (QED) is 0.446. The molecule has 0 spiro atoms. The number of thiazole rings is 1. The third-order valence-electron chi connectivity index (χ3n) is 4.54. The summed E-state index contributed by atoms with van der Waals surface area (Å²) in [6.45, 7) is 0. The highest BCUT2D eigenvalue weighted by atomic mass is 32.1. The van der Waals surface area contributed by atoms with Crippen LogP contribution in [-0.4, -0.2) is 10.9 Å². The fourth-order valence-electron chi connectivity index (χ4n) is 3.10. The Hall–Kier alpha value is -3.77. The number of hydrogen-bond donors (Lipinski definition) is 1. The lowest BCUT2D eigenvalue weighted by Gasteiger charge is -2.06. The second-order valence-electron chi connectivity index (χ2n) is 6.49. The van der Waals surface area contributed by atoms with E-state index in [-0.39, 0.29) is 11.2 Å². The molecule has 0 unspecified atom stereocenters. The predicted molar refractivity (Wildman–Crippen MR) is 115 cm³/mol. The molecule has 1 amide bonds. The molecule has 140 valence electrons. The molecule has 2 aromatic heterocycles. The topological polar surface area (TPSA) is 72.2 Å². The van der Waals surface area contributed by atoms with Crippen molar-refractivity contribution in [3.8, 4) is 10.6 Å². The summed E-state index contributed by atoms with van der Waals surface area (Å²) in [5.41, 5.74) is 2.69. The number of benzene rings is 3. The number of nitrogens with zero attached hydrogens (tertiary/aromatic N) is 1. The van der Waals surface area contributed by atoms with Crippen molar-refractivity contribution in [3.63, 3.8) is 0 Å². The van der Waals surface area contributed by atoms with E-state index < -0.39 is 5.91 Å². The molecule has 5 aromatic rings. The third-order valence-corrected chi connectivity index (χ3v) is 5.63. The average molecular weight is 398 g/mol. The molecule has 29 heavy (non-hydrogen) atoms. The Bertz CT molecular complexity index is 1380. The second-order valence-corrected chi connectivity index (χ2v) is 7.52. The van der Waals surface area contributed by atoms with Gasteiger partial charge in [-0.3, -0.25) is 9.59 Å². The molecule has 0 atom stereocenters. The Kier molecular flexibility index (Phi) is 4.18. The Morgan fingerprint density at radius 3 is 2.52 bits per heavy atom. The highest BCUT2D eigenvalue weighted by Crippen LogP contribution is 2.30. The van der Waals surface area contributed by atoms with Crippen LogP contribution in [0, 0.1) is 0 Å². The standard InChI is InChI=1S/C23H14N2O3S/c26-18-13-20(28-19-7-3-1-5-16(18)19)22(27)24-15-11-9-14(10-12-15)23-25-17-6-2-4-8-21(17)29-23/h1-13H,(H,24,27). The van der Waals surface area contributed by atoms with Gasteiger partial charge in [0.25, 0.3) is 5.91 Å². The Balaban J connectivity index is 1.39. The smallest absolute Gasteiger partial charge is 0.291 e. The number of carbonyl (C=O) groups is 1. The Morgan fingerprint density at radius 1 is 0.931 bits per heavy atom. The number of para-hydroxylation sites is 2. The highest BCUT2D eigenvalue weighted by molar-refractivity contribution is 7.21. The van der Waals surface area contributed by atoms with Gasteiger partial charge in [0.2, 0.25) is 0 Å². The summed E-state index contributed by atoms with van der Waals surface area (Å²) in [5, 5.41) is 4.14. The first-order valence-electron chi connectivity index (χ1n) is 8.98. The number of rotatable bonds is 3. The van der Waals surface area contributed by atoms with Crippen molar-refractivity contribution < 1.29 is 9.21 Å². The SMILES string of the molecule is O=C(Nc1ccc(-c2nc3ccccc3s2)cc1)c1cc(=O)c2ccccc2o1. The van der Waals surface area contributed by atoms with Gasteiger partial charge >= 0.3 is 0 Å². The van der Waals surface area contributed by atoms with Gasteiger partial charge in [-0.05, 0) is 48.5 Å². The molecule has 0 aliphatic carbocycles. The van der Waals surface area contributed by atoms with E-state index >= 15 is 0 Å². The minimum absolute atomic E-state index is 0.0241. The summed E-state index contributed by atoms with van der Waals surface area (Å²) in [7, 11) is 0. The lowest BCUT2D eigenvalue weighted by molar-refractivity contribution is 0.0997. The fraction of sp³-hybridized carbons (Fsp3) is 0. The first kappa shape index (κ1) is 17.3. The van der Waals surface area contributed by atoms with Crippen LogP contribution >= 0.6 is 11.3 Å². The average Bonchev–Trinajstić information content (AvgIpc) is 3.18. The normalized spacial score (nSPS) is 11.0. The van der Waals surface area contributed by atoms with Gasteiger partial charge in [-0.15, -0.1) is 11.3 Å². The van der Waals surface area contributed by atoms with Gasteiger partial charge in [0.05, 0.1) is 15.6 Å². The monoisotopic (exact) mass is 398 g/mol. The van der Waals surface area contributed by atoms with Crippen LogP contribution in [-0.2, 0) is 0 Å². The highest BCUT2D eigenvalue weighted by Gasteiger charge is 2.13. The van der Waals surface area contributed by atoms with Crippen molar-refractivity contribution in [2.24, 2.45) is 0 Å². The van der Waals surface area contributed by atoms with Crippen LogP contribution in [0.4, 0.5) is 5.69 Å². The van der Waals surface area contributed by atoms with Crippen LogP contribution in [0.2, 0.25) is 0 Å². The molecule has 6 heteroatoms. The van der Waals surface area contributed by atoms with Crippen LogP contribution in [0.3, 0.4) is 0 Å². The van der Waals surface area contributed by atoms with Crippen molar-refractivity contribution in [2.45, 2.75) is 0 Å². The maximum Gasteiger partial charge on any atom is 0.291 e. The van der Waals surface area contributed by atoms with E-state index in [0.29, 0.717) is 16.7 Å². The van der Waals surface area contributed by atoms with Gasteiger partial charge in [-0.1, -0.05) is 24.3 Å². The molecule has 0 saturated heterocycles. The molecule has 0 radical (unpaired) electrons. The van der Waals surface area contributed by atoms with E-state index in [1.54, 1.807) is 47.7 Å². The van der Waals surface area contributed by atoms with Gasteiger partial charge in [-0.25, -0.2) is 4.98 Å². The molecule has 0 aliphatic heterocycles. The number of aromatic nitrogens is 1. The van der Waals surface area contributed by atoms with E-state index in [4.69, 9.17) is 4.42 Å². The second kappa shape index (κ2) is 7.00. The number of anilines is 1. The summed E-state index contributed by atoms with van der Waals surface area (Å²) in [5.74, 6) is -0.496. The first-order chi connectivity index (χ1) is 14.2. The number of amides is 1. The summed E-state index contributed by atoms with van der Waals surface area (Å²) in [6.07, 6.45) is 0. The largest absolute Gasteiger partial charge is 0.451 e. The Morgan fingerprint density at radius 2 is 1.69 bits per heavy atom. The van der Waals surface area contributed by atoms with E-state index in [9.17, 15) is 9.59 Å². The van der Waals surface area contributed by atoms with Crippen molar-refractivity contribution in [1.82, 2.24) is 4.98 Å². The minimum atomic E-state index is -0.472. The van der Waals surface area contributed by atoms with Gasteiger partial charge in [0.1, 0.15) is 10.6 Å². The van der Waals surface area contributed by atoms with Crippen LogP contribution < -0.4 is 10.7 Å². The third kappa shape index (κ3) is 3.30. The van der Waals surface area contributed by atoms with E-state index in [0.717, 1.165) is 20.8 Å². The number of carbonyl (C=O) groups excluding carboxylic acids is 1. The zero-order chi connectivity index (χ0) is 19.8. The molecule has 3 aromatic carbocycles. The van der Waals surface area contributed by atoms with E-state index in [1.165, 1.54) is 6.07 Å². The Labute approximate surface area is 169 Å². The van der Waals surface area contributed by atoms with Gasteiger partial charge < -0.3 is 9.73 Å². The van der Waals surface area contributed by atoms with Crippen molar-refractivity contribution in [3.05, 3.63) is 94.8 Å². The lowest BCUT2D eigenvalue weighted by Crippen LogP contribution is -2.14. The summed E-state index contributed by atoms with van der Waals surface area (Å²) in [4.78, 5) is 29.4. The van der Waals surface area contributed by atoms with Crippen molar-refractivity contribution >= 4 is 44.1 Å². The molecular weight excluding hydrogens is 384 g/mol. The maximum atomic E-state index is 12.5. The molecule has 5 rings (SSSR count). The van der Waals surface area contributed by atoms with Crippen LogP contribution in [0.1, 0.15) is 10.6 Å². The summed E-state index contributed by atoms with van der Waals surface area (Å²) < 4.78 is 6.71. The molecule has 5 nitrogen and oxygen atoms in total. The molecule has 1 N–H and O–H groups in total. The van der Waals surface area contributed by atoms with E-state index in [1.807, 2.05) is 36.4 Å². The van der Waals surface area contributed by atoms with Crippen molar-refractivity contribution in [2.75, 3.05) is 5.32 Å². The van der Waals surface area contributed by atoms with Gasteiger partial charge in [0.15, 0.2) is 11.2 Å². The summed E-state index contributed by atoms with van der Waals surface area (Å²) in [6, 6.07) is 23.5. The number of fused-ring (bicyclic) bond motifs is 2. The fourth-order valence-corrected chi connectivity index (χ4v) is 4.07. The van der Waals surface area contributed by atoms with Crippen molar-refractivity contribution in [1.29, 1.82) is 0 Å². The molecule has 0 bridgehead atoms. The lowest BCUT2D eigenvalue weighted by atomic mass is 10.2.